The van der Waals surface area contributed by atoms with Crippen LogP contribution in [0.5, 0.6) is 0 Å². The second kappa shape index (κ2) is 5.11. The Hall–Kier alpha value is -0.370. The van der Waals surface area contributed by atoms with Crippen molar-refractivity contribution in [3.05, 3.63) is 28.0 Å². The molecular weight excluding hydrogens is 250 g/mol. The number of aromatic nitrogens is 1. The maximum atomic E-state index is 4.53. The van der Waals surface area contributed by atoms with Gasteiger partial charge < -0.3 is 0 Å². The second-order valence-corrected chi connectivity index (χ2v) is 5.50. The molecule has 1 aliphatic carbocycles. The first-order chi connectivity index (χ1) is 7.25. The van der Waals surface area contributed by atoms with Gasteiger partial charge in [0.2, 0.25) is 0 Å². The minimum absolute atomic E-state index is 0.866. The third-order valence-corrected chi connectivity index (χ3v) is 3.95. The highest BCUT2D eigenvalue weighted by molar-refractivity contribution is 9.10. The van der Waals surface area contributed by atoms with Gasteiger partial charge in [-0.15, -0.1) is 0 Å². The third kappa shape index (κ3) is 3.04. The van der Waals surface area contributed by atoms with Crippen LogP contribution in [0.2, 0.25) is 0 Å². The zero-order valence-corrected chi connectivity index (χ0v) is 10.9. The van der Waals surface area contributed by atoms with Crippen LogP contribution in [0.3, 0.4) is 0 Å². The molecule has 0 unspecified atom stereocenters. The zero-order valence-electron chi connectivity index (χ0n) is 9.30. The van der Waals surface area contributed by atoms with Crippen LogP contribution < -0.4 is 0 Å². The van der Waals surface area contributed by atoms with Crippen LogP contribution >= 0.6 is 15.9 Å². The summed E-state index contributed by atoms with van der Waals surface area (Å²) in [5, 5.41) is 0. The first-order valence-corrected chi connectivity index (χ1v) is 6.66. The van der Waals surface area contributed by atoms with Gasteiger partial charge >= 0.3 is 0 Å². The van der Waals surface area contributed by atoms with Gasteiger partial charge in [-0.3, -0.25) is 4.98 Å². The van der Waals surface area contributed by atoms with Crippen molar-refractivity contribution < 1.29 is 0 Å². The number of aryl methyl sites for hydroxylation is 1. The molecule has 0 atom stereocenters. The van der Waals surface area contributed by atoms with Crippen molar-refractivity contribution in [1.82, 2.24) is 4.98 Å². The Labute approximate surface area is 100 Å². The van der Waals surface area contributed by atoms with Gasteiger partial charge in [-0.25, -0.2) is 0 Å². The minimum atomic E-state index is 0.866. The summed E-state index contributed by atoms with van der Waals surface area (Å²) in [7, 11) is 0. The quantitative estimate of drug-likeness (QED) is 0.780. The molecule has 0 aliphatic heterocycles. The monoisotopic (exact) mass is 267 g/mol. The van der Waals surface area contributed by atoms with Gasteiger partial charge in [0.25, 0.3) is 0 Å². The summed E-state index contributed by atoms with van der Waals surface area (Å²) >= 11 is 3.61. The molecule has 1 saturated carbocycles. The van der Waals surface area contributed by atoms with E-state index in [0.29, 0.717) is 0 Å². The summed E-state index contributed by atoms with van der Waals surface area (Å²) in [4.78, 5) is 4.53. The van der Waals surface area contributed by atoms with Gasteiger partial charge in [-0.1, -0.05) is 32.1 Å². The van der Waals surface area contributed by atoms with Crippen molar-refractivity contribution in [2.45, 2.75) is 45.4 Å². The molecule has 2 rings (SSSR count). The van der Waals surface area contributed by atoms with Gasteiger partial charge in [-0.05, 0) is 46.8 Å². The molecule has 0 spiro atoms. The summed E-state index contributed by atoms with van der Waals surface area (Å²) in [5.41, 5.74) is 2.47. The Morgan fingerprint density at radius 2 is 2.07 bits per heavy atom. The smallest absolute Gasteiger partial charge is 0.0548 e. The zero-order chi connectivity index (χ0) is 10.7. The highest BCUT2D eigenvalue weighted by Crippen LogP contribution is 2.28. The van der Waals surface area contributed by atoms with E-state index in [0.717, 1.165) is 12.3 Å². The Morgan fingerprint density at radius 1 is 1.33 bits per heavy atom. The van der Waals surface area contributed by atoms with Crippen LogP contribution in [-0.4, -0.2) is 4.98 Å². The summed E-state index contributed by atoms with van der Waals surface area (Å²) in [6, 6.07) is 2.17. The molecule has 2 heteroatoms. The van der Waals surface area contributed by atoms with Crippen molar-refractivity contribution in [3.63, 3.8) is 0 Å². The van der Waals surface area contributed by atoms with Crippen LogP contribution in [0.25, 0.3) is 0 Å². The van der Waals surface area contributed by atoms with Crippen molar-refractivity contribution in [3.8, 4) is 0 Å². The molecule has 0 N–H and O–H groups in total. The van der Waals surface area contributed by atoms with Gasteiger partial charge in [-0.2, -0.15) is 0 Å². The van der Waals surface area contributed by atoms with Crippen LogP contribution in [0, 0.1) is 12.8 Å². The van der Waals surface area contributed by atoms with E-state index in [9.17, 15) is 0 Å². The molecule has 1 fully saturated rings. The maximum Gasteiger partial charge on any atom is 0.0548 e. The number of pyridine rings is 1. The largest absolute Gasteiger partial charge is 0.260 e. The standard InChI is InChI=1S/C13H18BrN/c1-10-7-12(14)13(15-9-10)8-11-5-3-2-4-6-11/h7,9,11H,2-6,8H2,1H3. The van der Waals surface area contributed by atoms with E-state index in [1.165, 1.54) is 47.8 Å². The molecular formula is C13H18BrN. The van der Waals surface area contributed by atoms with Crippen LogP contribution in [0.1, 0.15) is 43.4 Å². The average Bonchev–Trinajstić information content (AvgIpc) is 2.24. The van der Waals surface area contributed by atoms with E-state index in [1.54, 1.807) is 0 Å². The predicted molar refractivity (Wildman–Crippen MR) is 67.0 cm³/mol. The van der Waals surface area contributed by atoms with E-state index in [2.05, 4.69) is 33.9 Å². The molecule has 1 nitrogen and oxygen atoms in total. The second-order valence-electron chi connectivity index (χ2n) is 4.65. The van der Waals surface area contributed by atoms with E-state index < -0.39 is 0 Å². The Balaban J connectivity index is 2.03. The van der Waals surface area contributed by atoms with E-state index in [1.807, 2.05) is 6.20 Å². The van der Waals surface area contributed by atoms with Crippen molar-refractivity contribution in [2.75, 3.05) is 0 Å². The number of halogens is 1. The van der Waals surface area contributed by atoms with Crippen molar-refractivity contribution in [1.29, 1.82) is 0 Å². The topological polar surface area (TPSA) is 12.9 Å². The van der Waals surface area contributed by atoms with Crippen molar-refractivity contribution in [2.24, 2.45) is 5.92 Å². The first-order valence-electron chi connectivity index (χ1n) is 5.87. The lowest BCUT2D eigenvalue weighted by Gasteiger charge is -2.21. The fraction of sp³-hybridized carbons (Fsp3) is 0.615. The lowest BCUT2D eigenvalue weighted by Crippen LogP contribution is -2.10. The van der Waals surface area contributed by atoms with Gasteiger partial charge in [0.1, 0.15) is 0 Å². The van der Waals surface area contributed by atoms with Gasteiger partial charge in [0, 0.05) is 10.7 Å². The highest BCUT2D eigenvalue weighted by atomic mass is 79.9. The highest BCUT2D eigenvalue weighted by Gasteiger charge is 2.15. The summed E-state index contributed by atoms with van der Waals surface area (Å²) < 4.78 is 1.19. The average molecular weight is 268 g/mol. The van der Waals surface area contributed by atoms with Crippen LogP contribution in [-0.2, 0) is 6.42 Å². The predicted octanol–water partition coefficient (Wildman–Crippen LogP) is 4.28. The number of hydrogen-bond acceptors (Lipinski definition) is 1. The molecule has 1 heterocycles. The van der Waals surface area contributed by atoms with E-state index in [-0.39, 0.29) is 0 Å². The molecule has 82 valence electrons. The molecule has 0 saturated heterocycles. The summed E-state index contributed by atoms with van der Waals surface area (Å²) in [6.07, 6.45) is 10.2. The van der Waals surface area contributed by atoms with Gasteiger partial charge in [0.05, 0.1) is 5.69 Å². The van der Waals surface area contributed by atoms with Crippen LogP contribution in [0.15, 0.2) is 16.7 Å². The first kappa shape index (κ1) is 11.1. The van der Waals surface area contributed by atoms with E-state index >= 15 is 0 Å². The lowest BCUT2D eigenvalue weighted by atomic mass is 9.86. The van der Waals surface area contributed by atoms with E-state index in [4.69, 9.17) is 0 Å². The number of hydrogen-bond donors (Lipinski definition) is 0. The van der Waals surface area contributed by atoms with Gasteiger partial charge in [0.15, 0.2) is 0 Å². The fourth-order valence-electron chi connectivity index (χ4n) is 2.38. The normalized spacial score (nSPS) is 18.0. The number of nitrogens with zero attached hydrogens (tertiary/aromatic N) is 1. The molecule has 0 bridgehead atoms. The Kier molecular flexibility index (Phi) is 3.79. The number of rotatable bonds is 2. The molecule has 1 aliphatic rings. The third-order valence-electron chi connectivity index (χ3n) is 3.26. The molecule has 0 radical (unpaired) electrons. The Bertz CT molecular complexity index is 329. The molecule has 0 amide bonds. The lowest BCUT2D eigenvalue weighted by molar-refractivity contribution is 0.354. The molecule has 0 aromatic carbocycles. The Morgan fingerprint density at radius 3 is 2.73 bits per heavy atom. The van der Waals surface area contributed by atoms with Crippen LogP contribution in [0.4, 0.5) is 0 Å². The summed E-state index contributed by atoms with van der Waals surface area (Å²) in [5.74, 6) is 0.866. The molecule has 15 heavy (non-hydrogen) atoms. The molecule has 1 aromatic rings. The SMILES string of the molecule is Cc1cnc(CC2CCCCC2)c(Br)c1. The molecule has 1 aromatic heterocycles. The summed E-state index contributed by atoms with van der Waals surface area (Å²) in [6.45, 7) is 2.09. The fourth-order valence-corrected chi connectivity index (χ4v) is 3.00. The van der Waals surface area contributed by atoms with Crippen molar-refractivity contribution >= 4 is 15.9 Å². The minimum Gasteiger partial charge on any atom is -0.260 e. The maximum absolute atomic E-state index is 4.53.